The lowest BCUT2D eigenvalue weighted by Crippen LogP contribution is -2.36. The Morgan fingerprint density at radius 3 is 2.75 bits per heavy atom. The van der Waals surface area contributed by atoms with Gasteiger partial charge in [-0.1, -0.05) is 12.5 Å². The number of hydrogen-bond donors (Lipinski definition) is 1. The first-order valence-corrected chi connectivity index (χ1v) is 9.07. The van der Waals surface area contributed by atoms with Gasteiger partial charge in [0.2, 0.25) is 0 Å². The van der Waals surface area contributed by atoms with Crippen LogP contribution in [-0.2, 0) is 11.3 Å². The molecule has 1 saturated heterocycles. The van der Waals surface area contributed by atoms with Crippen molar-refractivity contribution >= 4 is 11.6 Å². The summed E-state index contributed by atoms with van der Waals surface area (Å²) >= 11 is 0. The Bertz CT molecular complexity index is 640. The van der Waals surface area contributed by atoms with Crippen LogP contribution >= 0.6 is 0 Å². The molecule has 0 unspecified atom stereocenters. The summed E-state index contributed by atoms with van der Waals surface area (Å²) in [5.74, 6) is 0.363. The molecule has 3 aliphatic rings. The molecule has 1 saturated carbocycles. The monoisotopic (exact) mass is 330 g/mol. The van der Waals surface area contributed by atoms with Crippen molar-refractivity contribution in [1.82, 2.24) is 4.90 Å². The molecule has 1 amide bonds. The second-order valence-corrected chi connectivity index (χ2v) is 7.34. The summed E-state index contributed by atoms with van der Waals surface area (Å²) in [4.78, 5) is 17.1. The Balaban J connectivity index is 1.54. The molecule has 1 aromatic carbocycles. The van der Waals surface area contributed by atoms with Crippen LogP contribution in [0.25, 0.3) is 0 Å². The quantitative estimate of drug-likeness (QED) is 0.920. The molecule has 5 heteroatoms. The first kappa shape index (κ1) is 15.9. The summed E-state index contributed by atoms with van der Waals surface area (Å²) in [7, 11) is 0. The van der Waals surface area contributed by atoms with E-state index in [-0.39, 0.29) is 17.9 Å². The summed E-state index contributed by atoms with van der Waals surface area (Å²) in [5, 5.41) is 10.1. The van der Waals surface area contributed by atoms with Gasteiger partial charge in [-0.15, -0.1) is 0 Å². The molecule has 2 atom stereocenters. The number of morpholine rings is 1. The molecule has 2 fully saturated rings. The number of aliphatic hydroxyl groups is 1. The number of ether oxygens (including phenoxy) is 1. The van der Waals surface area contributed by atoms with E-state index in [9.17, 15) is 9.90 Å². The second kappa shape index (κ2) is 6.37. The summed E-state index contributed by atoms with van der Waals surface area (Å²) in [5.41, 5.74) is 4.36. The minimum Gasteiger partial charge on any atom is -0.393 e. The lowest BCUT2D eigenvalue weighted by Gasteiger charge is -2.30. The molecule has 1 aliphatic carbocycles. The second-order valence-electron chi connectivity index (χ2n) is 7.34. The normalized spacial score (nSPS) is 27.0. The van der Waals surface area contributed by atoms with E-state index in [2.05, 4.69) is 24.0 Å². The number of amides is 1. The van der Waals surface area contributed by atoms with E-state index in [4.69, 9.17) is 4.74 Å². The lowest BCUT2D eigenvalue weighted by molar-refractivity contribution is 0.0661. The number of carbonyl (C=O) groups is 1. The van der Waals surface area contributed by atoms with Gasteiger partial charge in [0, 0.05) is 43.3 Å². The average molecular weight is 330 g/mol. The van der Waals surface area contributed by atoms with Crippen molar-refractivity contribution in [3.8, 4) is 0 Å². The Morgan fingerprint density at radius 2 is 2.04 bits per heavy atom. The minimum absolute atomic E-state index is 0.124. The number of aliphatic hydroxyl groups excluding tert-OH is 1. The Labute approximate surface area is 143 Å². The van der Waals surface area contributed by atoms with Crippen molar-refractivity contribution in [3.05, 3.63) is 28.8 Å². The SMILES string of the molecule is Cc1cc2c(cc1N1CCOCC1)C(=O)N(C[C@H]1CCC[C@H]1O)C2. The third-order valence-electron chi connectivity index (χ3n) is 5.73. The van der Waals surface area contributed by atoms with Crippen molar-refractivity contribution < 1.29 is 14.6 Å². The number of rotatable bonds is 3. The van der Waals surface area contributed by atoms with E-state index < -0.39 is 0 Å². The van der Waals surface area contributed by atoms with Gasteiger partial charge in [0.15, 0.2) is 0 Å². The maximum atomic E-state index is 12.8. The highest BCUT2D eigenvalue weighted by molar-refractivity contribution is 5.99. The van der Waals surface area contributed by atoms with Crippen molar-refractivity contribution in [2.75, 3.05) is 37.7 Å². The molecule has 1 aromatic rings. The zero-order valence-corrected chi connectivity index (χ0v) is 14.3. The predicted octanol–water partition coefficient (Wildman–Crippen LogP) is 1.95. The third kappa shape index (κ3) is 2.80. The van der Waals surface area contributed by atoms with E-state index >= 15 is 0 Å². The van der Waals surface area contributed by atoms with Crippen molar-refractivity contribution in [2.45, 2.75) is 38.8 Å². The number of carbonyl (C=O) groups excluding carboxylic acids is 1. The maximum absolute atomic E-state index is 12.8. The van der Waals surface area contributed by atoms with Gasteiger partial charge >= 0.3 is 0 Å². The number of hydrogen-bond acceptors (Lipinski definition) is 4. The number of anilines is 1. The molecule has 4 rings (SSSR count). The fraction of sp³-hybridized carbons (Fsp3) is 0.632. The number of benzene rings is 1. The van der Waals surface area contributed by atoms with Crippen LogP contribution in [-0.4, -0.2) is 54.9 Å². The molecule has 1 N–H and O–H groups in total. The largest absolute Gasteiger partial charge is 0.393 e. The highest BCUT2D eigenvalue weighted by atomic mass is 16.5. The molecule has 0 spiro atoms. The van der Waals surface area contributed by atoms with Crippen molar-refractivity contribution in [1.29, 1.82) is 0 Å². The van der Waals surface area contributed by atoms with Crippen LogP contribution in [0.1, 0.15) is 40.7 Å². The fourth-order valence-corrected chi connectivity index (χ4v) is 4.34. The van der Waals surface area contributed by atoms with Gasteiger partial charge in [0.05, 0.1) is 19.3 Å². The first-order valence-electron chi connectivity index (χ1n) is 9.07. The molecule has 0 aromatic heterocycles. The molecule has 2 heterocycles. The predicted molar refractivity (Wildman–Crippen MR) is 92.3 cm³/mol. The summed E-state index contributed by atoms with van der Waals surface area (Å²) in [6, 6.07) is 4.24. The van der Waals surface area contributed by atoms with E-state index in [1.54, 1.807) is 0 Å². The van der Waals surface area contributed by atoms with Gasteiger partial charge in [-0.2, -0.15) is 0 Å². The molecular weight excluding hydrogens is 304 g/mol. The van der Waals surface area contributed by atoms with Crippen LogP contribution in [0.3, 0.4) is 0 Å². The number of aryl methyl sites for hydroxylation is 1. The molecular formula is C19H26N2O3. The van der Waals surface area contributed by atoms with Gasteiger partial charge in [0.1, 0.15) is 0 Å². The molecule has 0 radical (unpaired) electrons. The van der Waals surface area contributed by atoms with Crippen molar-refractivity contribution in [3.63, 3.8) is 0 Å². The molecule has 0 bridgehead atoms. The highest BCUT2D eigenvalue weighted by Crippen LogP contribution is 2.33. The van der Waals surface area contributed by atoms with Crippen LogP contribution in [0.2, 0.25) is 0 Å². The summed E-state index contributed by atoms with van der Waals surface area (Å²) in [6.45, 7) is 6.74. The van der Waals surface area contributed by atoms with Crippen LogP contribution in [0.5, 0.6) is 0 Å². The third-order valence-corrected chi connectivity index (χ3v) is 5.73. The Kier molecular flexibility index (Phi) is 4.22. The van der Waals surface area contributed by atoms with E-state index in [1.807, 2.05) is 4.90 Å². The Hall–Kier alpha value is -1.59. The van der Waals surface area contributed by atoms with E-state index in [0.29, 0.717) is 13.1 Å². The van der Waals surface area contributed by atoms with Gasteiger partial charge in [-0.05, 0) is 37.0 Å². The summed E-state index contributed by atoms with van der Waals surface area (Å²) < 4.78 is 5.44. The number of fused-ring (bicyclic) bond motifs is 1. The fourth-order valence-electron chi connectivity index (χ4n) is 4.34. The smallest absolute Gasteiger partial charge is 0.254 e. The average Bonchev–Trinajstić information content (AvgIpc) is 3.12. The van der Waals surface area contributed by atoms with Crippen LogP contribution in [0.4, 0.5) is 5.69 Å². The number of nitrogens with zero attached hydrogens (tertiary/aromatic N) is 2. The van der Waals surface area contributed by atoms with Gasteiger partial charge in [-0.25, -0.2) is 0 Å². The van der Waals surface area contributed by atoms with E-state index in [1.165, 1.54) is 5.56 Å². The Morgan fingerprint density at radius 1 is 1.25 bits per heavy atom. The lowest BCUT2D eigenvalue weighted by atomic mass is 10.0. The van der Waals surface area contributed by atoms with E-state index in [0.717, 1.165) is 62.4 Å². The maximum Gasteiger partial charge on any atom is 0.254 e. The summed E-state index contributed by atoms with van der Waals surface area (Å²) in [6.07, 6.45) is 2.73. The first-order chi connectivity index (χ1) is 11.6. The minimum atomic E-state index is -0.243. The zero-order chi connectivity index (χ0) is 16.7. The topological polar surface area (TPSA) is 53.0 Å². The molecule has 5 nitrogen and oxygen atoms in total. The highest BCUT2D eigenvalue weighted by Gasteiger charge is 2.34. The van der Waals surface area contributed by atoms with Gasteiger partial charge < -0.3 is 19.6 Å². The molecule has 130 valence electrons. The van der Waals surface area contributed by atoms with Crippen LogP contribution in [0.15, 0.2) is 12.1 Å². The van der Waals surface area contributed by atoms with Crippen molar-refractivity contribution in [2.24, 2.45) is 5.92 Å². The standard InChI is InChI=1S/C19H26N2O3/c1-13-9-15-12-21(11-14-3-2-4-18(14)22)19(23)16(15)10-17(13)20-5-7-24-8-6-20/h9-10,14,18,22H,2-8,11-12H2,1H3/t14-,18-/m1/s1. The van der Waals surface area contributed by atoms with Gasteiger partial charge in [-0.3, -0.25) is 4.79 Å². The molecule has 24 heavy (non-hydrogen) atoms. The molecule has 2 aliphatic heterocycles. The van der Waals surface area contributed by atoms with Crippen LogP contribution < -0.4 is 4.90 Å². The van der Waals surface area contributed by atoms with Crippen LogP contribution in [0, 0.1) is 12.8 Å². The zero-order valence-electron chi connectivity index (χ0n) is 14.3. The van der Waals surface area contributed by atoms with Gasteiger partial charge in [0.25, 0.3) is 5.91 Å².